The van der Waals surface area contributed by atoms with Gasteiger partial charge in [0.25, 0.3) is 0 Å². The molecule has 2 atom stereocenters. The van der Waals surface area contributed by atoms with Crippen LogP contribution < -0.4 is 4.74 Å². The van der Waals surface area contributed by atoms with Gasteiger partial charge in [0.05, 0.1) is 12.6 Å². The van der Waals surface area contributed by atoms with Crippen molar-refractivity contribution >= 4 is 17.1 Å². The number of likely N-dealkylation sites (tertiary alicyclic amines) is 1. The third-order valence-electron chi connectivity index (χ3n) is 6.27. The van der Waals surface area contributed by atoms with Crippen LogP contribution in [0.1, 0.15) is 44.1 Å². The van der Waals surface area contributed by atoms with Crippen molar-refractivity contribution in [1.82, 2.24) is 4.90 Å². The van der Waals surface area contributed by atoms with Gasteiger partial charge in [0.2, 0.25) is 5.91 Å². The molecule has 0 bridgehead atoms. The lowest BCUT2D eigenvalue weighted by molar-refractivity contribution is -0.197. The zero-order valence-corrected chi connectivity index (χ0v) is 17.2. The number of carbonyl (C=O) groups excluding carboxylic acids is 1. The lowest BCUT2D eigenvalue weighted by Crippen LogP contribution is -2.43. The van der Waals surface area contributed by atoms with E-state index in [1.165, 1.54) is 6.07 Å². The van der Waals surface area contributed by atoms with Crippen molar-refractivity contribution in [3.8, 4) is 5.75 Å². The Morgan fingerprint density at radius 3 is 2.32 bits per heavy atom. The molecule has 1 amide bonds. The van der Waals surface area contributed by atoms with Gasteiger partial charge in [-0.2, -0.15) is 26.3 Å². The predicted octanol–water partition coefficient (Wildman–Crippen LogP) is 4.69. The minimum Gasteiger partial charge on any atom is -0.611 e. The normalized spacial score (nSPS) is 24.6. The number of carbonyl (C=O) groups is 1. The number of benzene rings is 1. The summed E-state index contributed by atoms with van der Waals surface area (Å²) in [4.78, 5) is 12.9. The van der Waals surface area contributed by atoms with Gasteiger partial charge in [-0.1, -0.05) is 0 Å². The first kappa shape index (κ1) is 22.6. The highest BCUT2D eigenvalue weighted by molar-refractivity contribution is 7.92. The fraction of sp³-hybridized carbons (Fsp3) is 0.650. The molecule has 1 aromatic rings. The average molecular weight is 469 g/mol. The van der Waals surface area contributed by atoms with Crippen LogP contribution in [0, 0.1) is 5.41 Å². The molecule has 0 radical (unpaired) electrons. The van der Waals surface area contributed by atoms with E-state index in [9.17, 15) is 35.7 Å². The summed E-state index contributed by atoms with van der Waals surface area (Å²) in [5, 5.41) is -0.868. The third kappa shape index (κ3) is 4.22. The number of ether oxygens (including phenoxy) is 1. The Balaban J connectivity index is 1.50. The molecule has 1 heterocycles. The zero-order valence-electron chi connectivity index (χ0n) is 16.4. The number of rotatable bonds is 5. The molecule has 1 aromatic carbocycles. The fourth-order valence-corrected chi connectivity index (χ4v) is 5.56. The van der Waals surface area contributed by atoms with Crippen LogP contribution in [0.15, 0.2) is 23.1 Å². The Morgan fingerprint density at radius 1 is 1.13 bits per heavy atom. The van der Waals surface area contributed by atoms with Gasteiger partial charge in [-0.3, -0.25) is 4.79 Å². The van der Waals surface area contributed by atoms with Crippen LogP contribution in [0.2, 0.25) is 0 Å². The van der Waals surface area contributed by atoms with Crippen LogP contribution in [0.25, 0.3) is 0 Å². The molecular weight excluding hydrogens is 448 g/mol. The molecule has 2 unspecified atom stereocenters. The van der Waals surface area contributed by atoms with E-state index in [-0.39, 0.29) is 44.2 Å². The van der Waals surface area contributed by atoms with Gasteiger partial charge < -0.3 is 14.2 Å². The molecule has 0 N–H and O–H groups in total. The average Bonchev–Trinajstić information content (AvgIpc) is 3.34. The Labute approximate surface area is 178 Å². The second-order valence-electron chi connectivity index (χ2n) is 8.37. The summed E-state index contributed by atoms with van der Waals surface area (Å²) in [6.07, 6.45) is -7.60. The molecule has 3 fully saturated rings. The van der Waals surface area contributed by atoms with Gasteiger partial charge in [-0.25, -0.2) is 0 Å². The van der Waals surface area contributed by atoms with Gasteiger partial charge in [0, 0.05) is 13.0 Å². The van der Waals surface area contributed by atoms with E-state index in [1.807, 2.05) is 0 Å². The Hall–Kier alpha value is -1.62. The molecule has 4 nitrogen and oxygen atoms in total. The number of nitrogens with zero attached hydrogens (tertiary/aromatic N) is 1. The molecular formula is C20H21F6NO3S. The molecule has 0 aromatic heterocycles. The van der Waals surface area contributed by atoms with Crippen LogP contribution in [0.4, 0.5) is 26.3 Å². The van der Waals surface area contributed by atoms with Crippen molar-refractivity contribution in [2.24, 2.45) is 5.41 Å². The minimum absolute atomic E-state index is 0.0434. The molecule has 3 aliphatic rings. The van der Waals surface area contributed by atoms with E-state index in [0.717, 1.165) is 36.3 Å². The third-order valence-corrected chi connectivity index (χ3v) is 8.04. The van der Waals surface area contributed by atoms with Crippen LogP contribution >= 0.6 is 0 Å². The summed E-state index contributed by atoms with van der Waals surface area (Å²) >= 11 is -2.14. The highest BCUT2D eigenvalue weighted by Crippen LogP contribution is 2.59. The Kier molecular flexibility index (Phi) is 5.65. The second-order valence-corrected chi connectivity index (χ2v) is 10.1. The molecule has 2 saturated carbocycles. The lowest BCUT2D eigenvalue weighted by atomic mass is 9.96. The van der Waals surface area contributed by atoms with E-state index in [2.05, 4.69) is 0 Å². The van der Waals surface area contributed by atoms with Crippen molar-refractivity contribution in [3.05, 3.63) is 23.8 Å². The maximum atomic E-state index is 13.6. The maximum Gasteiger partial charge on any atom is 0.421 e. The Bertz CT molecular complexity index is 850. The molecule has 11 heteroatoms. The summed E-state index contributed by atoms with van der Waals surface area (Å²) in [5.41, 5.74) is -3.47. The van der Waals surface area contributed by atoms with E-state index >= 15 is 0 Å². The first-order chi connectivity index (χ1) is 14.4. The largest absolute Gasteiger partial charge is 0.611 e. The fourth-order valence-electron chi connectivity index (χ4n) is 3.97. The number of hydrogen-bond acceptors (Lipinski definition) is 3. The maximum absolute atomic E-state index is 13.6. The van der Waals surface area contributed by atoms with E-state index in [0.29, 0.717) is 0 Å². The van der Waals surface area contributed by atoms with Crippen LogP contribution in [-0.4, -0.2) is 46.0 Å². The van der Waals surface area contributed by atoms with Crippen LogP contribution in [-0.2, 0) is 22.1 Å². The number of hydrogen-bond donors (Lipinski definition) is 0. The molecule has 172 valence electrons. The standard InChI is InChI=1S/C20H21F6NO3S/c21-19(22,23)15-10-13(30-12-2-1-3-12)4-5-16(15)31(29)14-6-9-27(11-14)17(28)18(7-8-18)20(24,25)26/h4-5,10,12,14H,1-3,6-9,11H2. The van der Waals surface area contributed by atoms with Crippen molar-refractivity contribution < 1.29 is 40.4 Å². The van der Waals surface area contributed by atoms with E-state index in [4.69, 9.17) is 4.74 Å². The van der Waals surface area contributed by atoms with Gasteiger partial charge in [0.1, 0.15) is 22.0 Å². The Morgan fingerprint density at radius 2 is 1.81 bits per heavy atom. The molecule has 2 aliphatic carbocycles. The number of amides is 1. The summed E-state index contributed by atoms with van der Waals surface area (Å²) < 4.78 is 99.0. The first-order valence-electron chi connectivity index (χ1n) is 10.1. The predicted molar refractivity (Wildman–Crippen MR) is 98.8 cm³/mol. The first-order valence-corrected chi connectivity index (χ1v) is 11.3. The van der Waals surface area contributed by atoms with Gasteiger partial charge in [0.15, 0.2) is 4.90 Å². The van der Waals surface area contributed by atoms with Crippen molar-refractivity contribution in [3.63, 3.8) is 0 Å². The number of halogens is 6. The zero-order chi connectivity index (χ0) is 22.6. The van der Waals surface area contributed by atoms with Crippen LogP contribution in [0.5, 0.6) is 5.75 Å². The topological polar surface area (TPSA) is 52.6 Å². The summed E-state index contributed by atoms with van der Waals surface area (Å²) in [6, 6.07) is 3.27. The molecule has 31 heavy (non-hydrogen) atoms. The highest BCUT2D eigenvalue weighted by atomic mass is 32.2. The summed E-state index contributed by atoms with van der Waals surface area (Å²) in [7, 11) is 0. The minimum atomic E-state index is -4.77. The van der Waals surface area contributed by atoms with Gasteiger partial charge in [-0.15, -0.1) is 0 Å². The SMILES string of the molecule is O=C(N1CCC([S+]([O-])c2ccc(OC3CCC3)cc2C(F)(F)F)C1)C1(C(F)(F)F)CC1. The quantitative estimate of drug-likeness (QED) is 0.465. The van der Waals surface area contributed by atoms with Crippen LogP contribution in [0.3, 0.4) is 0 Å². The smallest absolute Gasteiger partial charge is 0.421 e. The van der Waals surface area contributed by atoms with E-state index in [1.54, 1.807) is 0 Å². The van der Waals surface area contributed by atoms with Gasteiger partial charge >= 0.3 is 12.4 Å². The highest BCUT2D eigenvalue weighted by Gasteiger charge is 2.69. The summed E-state index contributed by atoms with van der Waals surface area (Å²) in [6.45, 7) is -0.321. The van der Waals surface area contributed by atoms with Crippen molar-refractivity contribution in [1.29, 1.82) is 0 Å². The molecule has 1 aliphatic heterocycles. The molecule has 4 rings (SSSR count). The van der Waals surface area contributed by atoms with Gasteiger partial charge in [-0.05, 0) is 61.5 Å². The molecule has 0 spiro atoms. The van der Waals surface area contributed by atoms with Crippen molar-refractivity contribution in [2.45, 2.75) is 67.1 Å². The summed E-state index contributed by atoms with van der Waals surface area (Å²) in [5.74, 6) is -1.03. The van der Waals surface area contributed by atoms with E-state index < -0.39 is 50.6 Å². The second kappa shape index (κ2) is 7.75. The number of alkyl halides is 6. The lowest BCUT2D eigenvalue weighted by Gasteiger charge is -2.27. The molecule has 1 saturated heterocycles. The van der Waals surface area contributed by atoms with Crippen molar-refractivity contribution in [2.75, 3.05) is 13.1 Å². The monoisotopic (exact) mass is 469 g/mol.